The van der Waals surface area contributed by atoms with E-state index in [1.807, 2.05) is 24.3 Å². The summed E-state index contributed by atoms with van der Waals surface area (Å²) in [6.45, 7) is 5.28. The molecule has 1 fully saturated rings. The Bertz CT molecular complexity index is 1170. The summed E-state index contributed by atoms with van der Waals surface area (Å²) in [5, 5.41) is 0.537. The SMILES string of the molecule is CC(C)(C)C(=O)C1C(=O)C(=O)N(c2ccc(-c3cccnc3)cc2)C1c1ccc(Cl)cc1. The number of carbonyl (C=O) groups is 3. The van der Waals surface area contributed by atoms with E-state index >= 15 is 0 Å². The van der Waals surface area contributed by atoms with Crippen LogP contribution in [0.3, 0.4) is 0 Å². The largest absolute Gasteiger partial charge is 0.298 e. The molecule has 5 nitrogen and oxygen atoms in total. The number of Topliss-reactive ketones (excluding diaryl/α,β-unsaturated/α-hetero) is 2. The van der Waals surface area contributed by atoms with Gasteiger partial charge in [0.15, 0.2) is 5.78 Å². The lowest BCUT2D eigenvalue weighted by Gasteiger charge is -2.30. The highest BCUT2D eigenvalue weighted by molar-refractivity contribution is 6.48. The molecule has 1 amide bonds. The number of pyridine rings is 1. The van der Waals surface area contributed by atoms with Gasteiger partial charge in [0.1, 0.15) is 5.92 Å². The molecule has 1 aliphatic rings. The topological polar surface area (TPSA) is 67.3 Å². The van der Waals surface area contributed by atoms with Crippen molar-refractivity contribution in [2.24, 2.45) is 11.3 Å². The maximum absolute atomic E-state index is 13.3. The predicted octanol–water partition coefficient (Wildman–Crippen LogP) is 5.29. The first-order valence-electron chi connectivity index (χ1n) is 10.4. The van der Waals surface area contributed by atoms with Crippen molar-refractivity contribution in [1.82, 2.24) is 4.98 Å². The average Bonchev–Trinajstić information content (AvgIpc) is 3.04. The van der Waals surface area contributed by atoms with E-state index in [-0.39, 0.29) is 5.78 Å². The van der Waals surface area contributed by atoms with Gasteiger partial charge in [0.05, 0.1) is 6.04 Å². The van der Waals surface area contributed by atoms with Crippen LogP contribution in [-0.2, 0) is 14.4 Å². The molecule has 6 heteroatoms. The van der Waals surface area contributed by atoms with Crippen molar-refractivity contribution < 1.29 is 14.4 Å². The van der Waals surface area contributed by atoms with Gasteiger partial charge in [-0.15, -0.1) is 0 Å². The van der Waals surface area contributed by atoms with Crippen molar-refractivity contribution in [3.05, 3.63) is 83.6 Å². The van der Waals surface area contributed by atoms with Crippen LogP contribution in [0.5, 0.6) is 0 Å². The number of nitrogens with zero attached hydrogens (tertiary/aromatic N) is 2. The van der Waals surface area contributed by atoms with E-state index in [2.05, 4.69) is 4.98 Å². The maximum Gasteiger partial charge on any atom is 0.295 e. The number of ketones is 2. The minimum Gasteiger partial charge on any atom is -0.298 e. The molecule has 32 heavy (non-hydrogen) atoms. The monoisotopic (exact) mass is 446 g/mol. The third-order valence-electron chi connectivity index (χ3n) is 5.68. The fraction of sp³-hybridized carbons (Fsp3) is 0.231. The number of aromatic nitrogens is 1. The van der Waals surface area contributed by atoms with Gasteiger partial charge in [0, 0.05) is 28.5 Å². The molecule has 0 aliphatic carbocycles. The van der Waals surface area contributed by atoms with Gasteiger partial charge in [0.2, 0.25) is 5.78 Å². The van der Waals surface area contributed by atoms with Crippen LogP contribution in [0.1, 0.15) is 32.4 Å². The van der Waals surface area contributed by atoms with Gasteiger partial charge in [-0.3, -0.25) is 24.3 Å². The molecule has 0 saturated carbocycles. The molecule has 0 radical (unpaired) electrons. The van der Waals surface area contributed by atoms with Crippen LogP contribution in [-0.4, -0.2) is 22.5 Å². The smallest absolute Gasteiger partial charge is 0.295 e. The lowest BCUT2D eigenvalue weighted by Crippen LogP contribution is -2.35. The lowest BCUT2D eigenvalue weighted by molar-refractivity contribution is -0.141. The molecule has 0 spiro atoms. The number of amides is 1. The van der Waals surface area contributed by atoms with Gasteiger partial charge in [0.25, 0.3) is 5.91 Å². The van der Waals surface area contributed by atoms with Crippen LogP contribution < -0.4 is 4.90 Å². The van der Waals surface area contributed by atoms with Crippen molar-refractivity contribution >= 4 is 34.8 Å². The standard InChI is InChI=1S/C26H23ClN2O3/c1-26(2,3)24(31)21-22(17-6-10-19(27)11-7-17)29(25(32)23(21)30)20-12-8-16(9-13-20)18-5-4-14-28-15-18/h4-15,21-22H,1-3H3. The lowest BCUT2D eigenvalue weighted by atomic mass is 9.77. The van der Waals surface area contributed by atoms with E-state index in [1.165, 1.54) is 4.90 Å². The Morgan fingerprint density at radius 3 is 2.16 bits per heavy atom. The molecule has 1 saturated heterocycles. The predicted molar refractivity (Wildman–Crippen MR) is 124 cm³/mol. The van der Waals surface area contributed by atoms with Crippen molar-refractivity contribution in [2.75, 3.05) is 4.90 Å². The van der Waals surface area contributed by atoms with E-state index in [4.69, 9.17) is 11.6 Å². The van der Waals surface area contributed by atoms with Crippen LogP contribution in [0.25, 0.3) is 11.1 Å². The Hall–Kier alpha value is -3.31. The minimum absolute atomic E-state index is 0.259. The normalized spacial score (nSPS) is 18.8. The van der Waals surface area contributed by atoms with Gasteiger partial charge in [-0.25, -0.2) is 0 Å². The summed E-state index contributed by atoms with van der Waals surface area (Å²) in [4.78, 5) is 45.0. The summed E-state index contributed by atoms with van der Waals surface area (Å²) < 4.78 is 0. The van der Waals surface area contributed by atoms with Crippen LogP contribution in [0.15, 0.2) is 73.1 Å². The molecule has 1 aromatic heterocycles. The second-order valence-electron chi connectivity index (χ2n) is 8.92. The third kappa shape index (κ3) is 3.96. The first-order valence-corrected chi connectivity index (χ1v) is 10.7. The Morgan fingerprint density at radius 1 is 0.938 bits per heavy atom. The number of halogens is 1. The third-order valence-corrected chi connectivity index (χ3v) is 5.93. The molecule has 0 bridgehead atoms. The number of anilines is 1. The zero-order valence-electron chi connectivity index (χ0n) is 18.1. The average molecular weight is 447 g/mol. The Morgan fingerprint density at radius 2 is 1.59 bits per heavy atom. The van der Waals surface area contributed by atoms with Gasteiger partial charge in [-0.1, -0.05) is 62.7 Å². The summed E-state index contributed by atoms with van der Waals surface area (Å²) in [5.41, 5.74) is 2.35. The van der Waals surface area contributed by atoms with Gasteiger partial charge in [-0.05, 0) is 47.0 Å². The maximum atomic E-state index is 13.3. The highest BCUT2D eigenvalue weighted by Crippen LogP contribution is 2.43. The molecule has 2 atom stereocenters. The van der Waals surface area contributed by atoms with Crippen LogP contribution >= 0.6 is 11.6 Å². The first kappa shape index (κ1) is 21.9. The molecule has 2 heterocycles. The highest BCUT2D eigenvalue weighted by Gasteiger charge is 2.53. The van der Waals surface area contributed by atoms with Crippen molar-refractivity contribution in [2.45, 2.75) is 26.8 Å². The van der Waals surface area contributed by atoms with Crippen LogP contribution in [0.2, 0.25) is 5.02 Å². The zero-order chi connectivity index (χ0) is 23.0. The Balaban J connectivity index is 1.80. The summed E-state index contributed by atoms with van der Waals surface area (Å²) in [5.74, 6) is -2.70. The fourth-order valence-corrected chi connectivity index (χ4v) is 4.15. The summed E-state index contributed by atoms with van der Waals surface area (Å²) in [6, 6.07) is 17.3. The second-order valence-corrected chi connectivity index (χ2v) is 9.35. The number of benzene rings is 2. The van der Waals surface area contributed by atoms with Gasteiger partial charge >= 0.3 is 0 Å². The second kappa shape index (κ2) is 8.32. The summed E-state index contributed by atoms with van der Waals surface area (Å²) in [7, 11) is 0. The zero-order valence-corrected chi connectivity index (χ0v) is 18.8. The molecular formula is C26H23ClN2O3. The van der Waals surface area contributed by atoms with Crippen molar-refractivity contribution in [3.63, 3.8) is 0 Å². The van der Waals surface area contributed by atoms with E-state index < -0.39 is 29.1 Å². The molecule has 4 rings (SSSR count). The van der Waals surface area contributed by atoms with E-state index in [9.17, 15) is 14.4 Å². The molecule has 3 aromatic rings. The molecule has 0 N–H and O–H groups in total. The van der Waals surface area contributed by atoms with E-state index in [0.717, 1.165) is 11.1 Å². The van der Waals surface area contributed by atoms with Gasteiger partial charge < -0.3 is 0 Å². The molecule has 2 unspecified atom stereocenters. The number of carbonyl (C=O) groups excluding carboxylic acids is 3. The minimum atomic E-state index is -1.08. The van der Waals surface area contributed by atoms with E-state index in [0.29, 0.717) is 16.3 Å². The molecule has 2 aromatic carbocycles. The Labute approximate surface area is 192 Å². The summed E-state index contributed by atoms with van der Waals surface area (Å²) >= 11 is 6.06. The van der Waals surface area contributed by atoms with Gasteiger partial charge in [-0.2, -0.15) is 0 Å². The molecule has 162 valence electrons. The van der Waals surface area contributed by atoms with Crippen molar-refractivity contribution in [3.8, 4) is 11.1 Å². The van der Waals surface area contributed by atoms with E-state index in [1.54, 1.807) is 69.6 Å². The first-order chi connectivity index (χ1) is 15.2. The quantitative estimate of drug-likeness (QED) is 0.403. The summed E-state index contributed by atoms with van der Waals surface area (Å²) in [6.07, 6.45) is 3.46. The van der Waals surface area contributed by atoms with Crippen molar-refractivity contribution in [1.29, 1.82) is 0 Å². The molecule has 1 aliphatic heterocycles. The number of rotatable bonds is 4. The fourth-order valence-electron chi connectivity index (χ4n) is 4.03. The number of hydrogen-bond acceptors (Lipinski definition) is 4. The Kier molecular flexibility index (Phi) is 5.70. The van der Waals surface area contributed by atoms with Crippen LogP contribution in [0, 0.1) is 11.3 Å². The van der Waals surface area contributed by atoms with Crippen LogP contribution in [0.4, 0.5) is 5.69 Å². The molecular weight excluding hydrogens is 424 g/mol. The highest BCUT2D eigenvalue weighted by atomic mass is 35.5. The number of hydrogen-bond donors (Lipinski definition) is 0.